The van der Waals surface area contributed by atoms with Crippen LogP contribution in [0.15, 0.2) is 60.8 Å². The van der Waals surface area contributed by atoms with Crippen LogP contribution in [0.4, 0.5) is 0 Å². The molecule has 3 N–H and O–H groups in total. The summed E-state index contributed by atoms with van der Waals surface area (Å²) in [5, 5.41) is 3.01. The van der Waals surface area contributed by atoms with E-state index in [2.05, 4.69) is 42.7 Å². The lowest BCUT2D eigenvalue weighted by Crippen LogP contribution is -2.02. The zero-order valence-electron chi connectivity index (χ0n) is 11.1. The average molecular weight is 242 g/mol. The molecule has 0 saturated heterocycles. The van der Waals surface area contributed by atoms with Crippen molar-refractivity contribution in [2.24, 2.45) is 5.73 Å². The summed E-state index contributed by atoms with van der Waals surface area (Å²) >= 11 is 0. The Kier molecular flexibility index (Phi) is 5.95. The zero-order chi connectivity index (χ0) is 13.4. The molecule has 0 fully saturated rings. The summed E-state index contributed by atoms with van der Waals surface area (Å²) in [6, 6.07) is 8.40. The number of nitrogens with two attached hydrogens (primary N) is 1. The first-order chi connectivity index (χ1) is 8.69. The van der Waals surface area contributed by atoms with Crippen molar-refractivity contribution in [3.05, 3.63) is 72.0 Å². The minimum Gasteiger partial charge on any atom is -0.389 e. The molecule has 96 valence electrons. The normalized spacial score (nSPS) is 11.1. The Balaban J connectivity index is 2.65. The zero-order valence-corrected chi connectivity index (χ0v) is 11.1. The van der Waals surface area contributed by atoms with Crippen LogP contribution in [0, 0.1) is 0 Å². The van der Waals surface area contributed by atoms with Gasteiger partial charge in [-0.25, -0.2) is 0 Å². The molecule has 1 rings (SSSR count). The molecule has 0 saturated carbocycles. The van der Waals surface area contributed by atoms with E-state index < -0.39 is 0 Å². The molecule has 0 atom stereocenters. The molecule has 0 aromatic heterocycles. The molecule has 1 aromatic carbocycles. The fourth-order valence-electron chi connectivity index (χ4n) is 1.73. The Labute approximate surface area is 110 Å². The second-order valence-corrected chi connectivity index (χ2v) is 4.22. The van der Waals surface area contributed by atoms with Gasteiger partial charge in [0.15, 0.2) is 0 Å². The second-order valence-electron chi connectivity index (χ2n) is 4.22. The van der Waals surface area contributed by atoms with E-state index in [1.54, 1.807) is 0 Å². The first kappa shape index (κ1) is 14.3. The summed E-state index contributed by atoms with van der Waals surface area (Å²) in [7, 11) is 1.87. The number of aryl methyl sites for hydroxylation is 1. The third-order valence-electron chi connectivity index (χ3n) is 2.87. The molecule has 0 amide bonds. The van der Waals surface area contributed by atoms with Crippen LogP contribution in [-0.4, -0.2) is 7.05 Å². The first-order valence-electron chi connectivity index (χ1n) is 6.17. The van der Waals surface area contributed by atoms with Crippen LogP contribution in [0.2, 0.25) is 0 Å². The smallest absolute Gasteiger partial charge is 0.0267 e. The molecule has 2 heteroatoms. The topological polar surface area (TPSA) is 38.0 Å². The third kappa shape index (κ3) is 4.60. The summed E-state index contributed by atoms with van der Waals surface area (Å²) in [6.45, 7) is 8.32. The van der Waals surface area contributed by atoms with Gasteiger partial charge in [0.25, 0.3) is 0 Å². The highest BCUT2D eigenvalue weighted by Gasteiger charge is 1.98. The van der Waals surface area contributed by atoms with E-state index in [9.17, 15) is 0 Å². The third-order valence-corrected chi connectivity index (χ3v) is 2.87. The Morgan fingerprint density at radius 1 is 1.39 bits per heavy atom. The summed E-state index contributed by atoms with van der Waals surface area (Å²) in [6.07, 6.45) is 5.86. The fraction of sp³-hybridized carbons (Fsp3) is 0.250. The highest BCUT2D eigenvalue weighted by molar-refractivity contribution is 5.29. The molecule has 0 bridgehead atoms. The number of benzene rings is 1. The molecule has 0 aliphatic carbocycles. The summed E-state index contributed by atoms with van der Waals surface area (Å²) in [5.74, 6) is 0. The van der Waals surface area contributed by atoms with Crippen LogP contribution in [0.5, 0.6) is 0 Å². The standard InChI is InChI=1S/C16H22N2/c1-4-14(10-13(2)18-3)8-9-15-6-5-7-16(11-15)12-17/h4-7,10-11,18H,1-2,8-9,12,17H2,3H3. The van der Waals surface area contributed by atoms with E-state index in [0.29, 0.717) is 6.54 Å². The van der Waals surface area contributed by atoms with Crippen LogP contribution in [-0.2, 0) is 13.0 Å². The average Bonchev–Trinajstić information content (AvgIpc) is 2.43. The van der Waals surface area contributed by atoms with Crippen LogP contribution in [0.25, 0.3) is 0 Å². The maximum atomic E-state index is 5.64. The van der Waals surface area contributed by atoms with Gasteiger partial charge in [-0.1, -0.05) is 43.5 Å². The molecule has 0 spiro atoms. The summed E-state index contributed by atoms with van der Waals surface area (Å²) in [5.41, 5.74) is 10.2. The van der Waals surface area contributed by atoms with Crippen molar-refractivity contribution < 1.29 is 0 Å². The Hall–Kier alpha value is -1.80. The van der Waals surface area contributed by atoms with Gasteiger partial charge in [0.2, 0.25) is 0 Å². The molecular formula is C16H22N2. The Morgan fingerprint density at radius 2 is 2.11 bits per heavy atom. The lowest BCUT2D eigenvalue weighted by atomic mass is 10.0. The van der Waals surface area contributed by atoms with E-state index in [1.807, 2.05) is 19.2 Å². The summed E-state index contributed by atoms with van der Waals surface area (Å²) < 4.78 is 0. The minimum absolute atomic E-state index is 0.592. The van der Waals surface area contributed by atoms with E-state index >= 15 is 0 Å². The lowest BCUT2D eigenvalue weighted by molar-refractivity contribution is 0.945. The van der Waals surface area contributed by atoms with Gasteiger partial charge in [-0.3, -0.25) is 0 Å². The number of nitrogens with one attached hydrogen (secondary N) is 1. The largest absolute Gasteiger partial charge is 0.389 e. The fourth-order valence-corrected chi connectivity index (χ4v) is 1.73. The van der Waals surface area contributed by atoms with Crippen molar-refractivity contribution in [3.63, 3.8) is 0 Å². The van der Waals surface area contributed by atoms with Crippen molar-refractivity contribution >= 4 is 0 Å². The lowest BCUT2D eigenvalue weighted by Gasteiger charge is -2.06. The first-order valence-corrected chi connectivity index (χ1v) is 6.17. The Bertz CT molecular complexity index is 444. The van der Waals surface area contributed by atoms with Crippen LogP contribution < -0.4 is 11.1 Å². The predicted molar refractivity (Wildman–Crippen MR) is 79.1 cm³/mol. The molecule has 0 unspecified atom stereocenters. The van der Waals surface area contributed by atoms with E-state index in [1.165, 1.54) is 16.7 Å². The molecule has 0 heterocycles. The maximum absolute atomic E-state index is 5.64. The molecular weight excluding hydrogens is 220 g/mol. The van der Waals surface area contributed by atoms with E-state index in [0.717, 1.165) is 18.5 Å². The number of likely N-dealkylation sites (N-methyl/N-ethyl adjacent to an activating group) is 1. The van der Waals surface area contributed by atoms with Gasteiger partial charge in [-0.05, 0) is 35.6 Å². The SMILES string of the molecule is C=CC(=CC(=C)NC)CCc1cccc(CN)c1. The predicted octanol–water partition coefficient (Wildman–Crippen LogP) is 2.92. The van der Waals surface area contributed by atoms with Gasteiger partial charge < -0.3 is 11.1 Å². The van der Waals surface area contributed by atoms with Crippen molar-refractivity contribution in [2.45, 2.75) is 19.4 Å². The number of rotatable bonds is 7. The molecule has 18 heavy (non-hydrogen) atoms. The highest BCUT2D eigenvalue weighted by atomic mass is 14.8. The Morgan fingerprint density at radius 3 is 2.72 bits per heavy atom. The van der Waals surface area contributed by atoms with Crippen molar-refractivity contribution in [1.82, 2.24) is 5.32 Å². The van der Waals surface area contributed by atoms with Crippen LogP contribution >= 0.6 is 0 Å². The maximum Gasteiger partial charge on any atom is 0.0267 e. The van der Waals surface area contributed by atoms with Crippen LogP contribution in [0.1, 0.15) is 17.5 Å². The summed E-state index contributed by atoms with van der Waals surface area (Å²) in [4.78, 5) is 0. The molecule has 0 radical (unpaired) electrons. The van der Waals surface area contributed by atoms with Gasteiger partial charge in [0.1, 0.15) is 0 Å². The molecule has 1 aromatic rings. The molecule has 0 aliphatic heterocycles. The van der Waals surface area contributed by atoms with E-state index in [-0.39, 0.29) is 0 Å². The second kappa shape index (κ2) is 7.51. The number of hydrogen-bond donors (Lipinski definition) is 2. The molecule has 2 nitrogen and oxygen atoms in total. The van der Waals surface area contributed by atoms with Gasteiger partial charge in [0, 0.05) is 19.3 Å². The quantitative estimate of drug-likeness (QED) is 0.721. The highest BCUT2D eigenvalue weighted by Crippen LogP contribution is 2.13. The molecule has 0 aliphatic rings. The number of hydrogen-bond acceptors (Lipinski definition) is 2. The number of allylic oxidation sites excluding steroid dienone is 3. The minimum atomic E-state index is 0.592. The van der Waals surface area contributed by atoms with Crippen molar-refractivity contribution in [1.29, 1.82) is 0 Å². The van der Waals surface area contributed by atoms with Crippen molar-refractivity contribution in [2.75, 3.05) is 7.05 Å². The van der Waals surface area contributed by atoms with Gasteiger partial charge in [0.05, 0.1) is 0 Å². The van der Waals surface area contributed by atoms with Crippen molar-refractivity contribution in [3.8, 4) is 0 Å². The van der Waals surface area contributed by atoms with Gasteiger partial charge in [-0.2, -0.15) is 0 Å². The van der Waals surface area contributed by atoms with Crippen LogP contribution in [0.3, 0.4) is 0 Å². The van der Waals surface area contributed by atoms with Gasteiger partial charge in [-0.15, -0.1) is 0 Å². The van der Waals surface area contributed by atoms with E-state index in [4.69, 9.17) is 5.73 Å². The van der Waals surface area contributed by atoms with Gasteiger partial charge >= 0.3 is 0 Å². The monoisotopic (exact) mass is 242 g/mol.